The molecule has 0 bridgehead atoms. The second kappa shape index (κ2) is 8.61. The lowest BCUT2D eigenvalue weighted by molar-refractivity contribution is 0.0950. The van der Waals surface area contributed by atoms with Gasteiger partial charge in [-0.05, 0) is 36.4 Å². The minimum absolute atomic E-state index is 0.299. The van der Waals surface area contributed by atoms with Crippen molar-refractivity contribution < 1.29 is 4.79 Å². The molecule has 0 aliphatic carbocycles. The van der Waals surface area contributed by atoms with Crippen molar-refractivity contribution in [3.8, 4) is 16.9 Å². The van der Waals surface area contributed by atoms with Crippen LogP contribution in [0.4, 0.5) is 0 Å². The third-order valence-electron chi connectivity index (χ3n) is 4.90. The Morgan fingerprint density at radius 2 is 1.78 bits per heavy atom. The van der Waals surface area contributed by atoms with Gasteiger partial charge in [0.25, 0.3) is 5.91 Å². The molecular weight excluding hydrogens is 400 g/mol. The second-order valence-corrected chi connectivity index (χ2v) is 7.04. The molecule has 5 aromatic rings. The largest absolute Gasteiger partial charge is 0.289 e. The smallest absolute Gasteiger partial charge is 0.266 e. The van der Waals surface area contributed by atoms with Crippen LogP contribution in [0, 0.1) is 0 Å². The standard InChI is InChI=1S/C25H18N6O/c32-25(23-13-12-18-7-4-5-11-22(18)28-23)29-27-16-20-17-31(21-9-2-1-3-10-21)30-24(20)19-8-6-14-26-15-19/h1-17H,(H,29,32)/b27-16+. The maximum absolute atomic E-state index is 12.5. The number of hydrogen-bond donors (Lipinski definition) is 1. The van der Waals surface area contributed by atoms with Gasteiger partial charge in [-0.1, -0.05) is 42.5 Å². The predicted octanol–water partition coefficient (Wildman–Crippen LogP) is 4.25. The van der Waals surface area contributed by atoms with Crippen LogP contribution in [0.1, 0.15) is 16.1 Å². The Balaban J connectivity index is 1.42. The van der Waals surface area contributed by atoms with Crippen molar-refractivity contribution >= 4 is 23.0 Å². The molecule has 0 radical (unpaired) electrons. The zero-order valence-corrected chi connectivity index (χ0v) is 17.0. The molecule has 0 saturated heterocycles. The van der Waals surface area contributed by atoms with Crippen LogP contribution in [0.25, 0.3) is 27.8 Å². The Kier molecular flexibility index (Phi) is 5.20. The molecule has 0 saturated carbocycles. The summed E-state index contributed by atoms with van der Waals surface area (Å²) in [4.78, 5) is 21.1. The summed E-state index contributed by atoms with van der Waals surface area (Å²) >= 11 is 0. The van der Waals surface area contributed by atoms with Gasteiger partial charge in [-0.3, -0.25) is 9.78 Å². The summed E-state index contributed by atoms with van der Waals surface area (Å²) in [6, 6.07) is 24.8. The molecule has 0 aliphatic rings. The van der Waals surface area contributed by atoms with Crippen molar-refractivity contribution in [2.24, 2.45) is 5.10 Å². The summed E-state index contributed by atoms with van der Waals surface area (Å²) in [6.45, 7) is 0. The number of carbonyl (C=O) groups is 1. The average Bonchev–Trinajstić information content (AvgIpc) is 3.29. The van der Waals surface area contributed by atoms with Crippen LogP contribution in [0.3, 0.4) is 0 Å². The lowest BCUT2D eigenvalue weighted by Gasteiger charge is -2.01. The number of nitrogens with zero attached hydrogens (tertiary/aromatic N) is 5. The molecule has 5 rings (SSSR count). The maximum Gasteiger partial charge on any atom is 0.289 e. The van der Waals surface area contributed by atoms with Gasteiger partial charge in [0.1, 0.15) is 11.4 Å². The molecule has 3 heterocycles. The molecule has 1 amide bonds. The molecule has 0 aliphatic heterocycles. The highest BCUT2D eigenvalue weighted by Crippen LogP contribution is 2.21. The van der Waals surface area contributed by atoms with Crippen LogP contribution in [-0.2, 0) is 0 Å². The Morgan fingerprint density at radius 1 is 0.938 bits per heavy atom. The summed E-state index contributed by atoms with van der Waals surface area (Å²) in [5, 5.41) is 9.83. The van der Waals surface area contributed by atoms with E-state index in [0.717, 1.165) is 27.7 Å². The molecule has 0 atom stereocenters. The van der Waals surface area contributed by atoms with Gasteiger partial charge < -0.3 is 0 Å². The molecule has 0 fully saturated rings. The monoisotopic (exact) mass is 418 g/mol. The van der Waals surface area contributed by atoms with Crippen LogP contribution in [0.5, 0.6) is 0 Å². The van der Waals surface area contributed by atoms with Crippen molar-refractivity contribution in [3.63, 3.8) is 0 Å². The molecule has 3 aromatic heterocycles. The number of para-hydroxylation sites is 2. The van der Waals surface area contributed by atoms with Crippen LogP contribution in [-0.4, -0.2) is 31.9 Å². The molecular formula is C25H18N6O. The number of aromatic nitrogens is 4. The van der Waals surface area contributed by atoms with Crippen molar-refractivity contribution in [1.82, 2.24) is 25.2 Å². The zero-order valence-electron chi connectivity index (χ0n) is 17.0. The molecule has 154 valence electrons. The first-order valence-corrected chi connectivity index (χ1v) is 10.0. The highest BCUT2D eigenvalue weighted by molar-refractivity contribution is 5.96. The lowest BCUT2D eigenvalue weighted by atomic mass is 10.1. The first-order valence-electron chi connectivity index (χ1n) is 10.0. The van der Waals surface area contributed by atoms with Crippen LogP contribution < -0.4 is 5.43 Å². The molecule has 0 unspecified atom stereocenters. The highest BCUT2D eigenvalue weighted by atomic mass is 16.2. The minimum atomic E-state index is -0.384. The van der Waals surface area contributed by atoms with Crippen LogP contribution >= 0.6 is 0 Å². The summed E-state index contributed by atoms with van der Waals surface area (Å²) in [5.41, 5.74) is 6.84. The van der Waals surface area contributed by atoms with Crippen molar-refractivity contribution in [1.29, 1.82) is 0 Å². The number of rotatable bonds is 5. The quantitative estimate of drug-likeness (QED) is 0.342. The number of fused-ring (bicyclic) bond motifs is 1. The number of benzene rings is 2. The second-order valence-electron chi connectivity index (χ2n) is 7.04. The number of hydrazone groups is 1. The molecule has 7 nitrogen and oxygen atoms in total. The van der Waals surface area contributed by atoms with E-state index >= 15 is 0 Å². The molecule has 32 heavy (non-hydrogen) atoms. The van der Waals surface area contributed by atoms with E-state index < -0.39 is 0 Å². The number of carbonyl (C=O) groups excluding carboxylic acids is 1. The van der Waals surface area contributed by atoms with E-state index in [4.69, 9.17) is 5.10 Å². The Labute approximate surface area is 184 Å². The summed E-state index contributed by atoms with van der Waals surface area (Å²) in [7, 11) is 0. The van der Waals surface area contributed by atoms with Crippen LogP contribution in [0.15, 0.2) is 103 Å². The number of hydrogen-bond acceptors (Lipinski definition) is 5. The number of amides is 1. The van der Waals surface area contributed by atoms with E-state index in [1.807, 2.05) is 79.0 Å². The molecule has 1 N–H and O–H groups in total. The van der Waals surface area contributed by atoms with Crippen LogP contribution in [0.2, 0.25) is 0 Å². The molecule has 0 spiro atoms. The van der Waals surface area contributed by atoms with Gasteiger partial charge in [-0.15, -0.1) is 0 Å². The Morgan fingerprint density at radius 3 is 2.62 bits per heavy atom. The third kappa shape index (κ3) is 3.99. The Hall–Kier alpha value is -4.65. The van der Waals surface area contributed by atoms with E-state index in [1.54, 1.807) is 29.4 Å². The summed E-state index contributed by atoms with van der Waals surface area (Å²) in [5.74, 6) is -0.384. The normalized spacial score (nSPS) is 11.1. The van der Waals surface area contributed by atoms with E-state index in [0.29, 0.717) is 11.4 Å². The minimum Gasteiger partial charge on any atom is -0.266 e. The third-order valence-corrected chi connectivity index (χ3v) is 4.90. The zero-order chi connectivity index (χ0) is 21.8. The molecule has 7 heteroatoms. The molecule has 2 aromatic carbocycles. The van der Waals surface area contributed by atoms with Gasteiger partial charge in [-0.2, -0.15) is 10.2 Å². The first kappa shape index (κ1) is 19.3. The van der Waals surface area contributed by atoms with Gasteiger partial charge in [0.2, 0.25) is 0 Å². The topological polar surface area (TPSA) is 85.1 Å². The fourth-order valence-electron chi connectivity index (χ4n) is 3.33. The van der Waals surface area contributed by atoms with Gasteiger partial charge in [0.15, 0.2) is 0 Å². The highest BCUT2D eigenvalue weighted by Gasteiger charge is 2.12. The number of pyridine rings is 2. The number of nitrogens with one attached hydrogen (secondary N) is 1. The lowest BCUT2D eigenvalue weighted by Crippen LogP contribution is -2.18. The van der Waals surface area contributed by atoms with E-state index in [1.165, 1.54) is 0 Å². The predicted molar refractivity (Wildman–Crippen MR) is 124 cm³/mol. The Bertz CT molecular complexity index is 1410. The van der Waals surface area contributed by atoms with E-state index in [2.05, 4.69) is 20.5 Å². The fourth-order valence-corrected chi connectivity index (χ4v) is 3.33. The fraction of sp³-hybridized carbons (Fsp3) is 0. The van der Waals surface area contributed by atoms with E-state index in [-0.39, 0.29) is 5.91 Å². The van der Waals surface area contributed by atoms with Crippen molar-refractivity contribution in [3.05, 3.63) is 109 Å². The van der Waals surface area contributed by atoms with Crippen molar-refractivity contribution in [2.75, 3.05) is 0 Å². The average molecular weight is 418 g/mol. The SMILES string of the molecule is O=C(N/N=C/c1cn(-c2ccccc2)nc1-c1cccnc1)c1ccc2ccccc2n1. The summed E-state index contributed by atoms with van der Waals surface area (Å²) in [6.07, 6.45) is 6.89. The van der Waals surface area contributed by atoms with Crippen molar-refractivity contribution in [2.45, 2.75) is 0 Å². The summed E-state index contributed by atoms with van der Waals surface area (Å²) < 4.78 is 1.77. The van der Waals surface area contributed by atoms with Gasteiger partial charge in [-0.25, -0.2) is 15.1 Å². The van der Waals surface area contributed by atoms with Gasteiger partial charge >= 0.3 is 0 Å². The van der Waals surface area contributed by atoms with E-state index in [9.17, 15) is 4.79 Å². The van der Waals surface area contributed by atoms with Gasteiger partial charge in [0.05, 0.1) is 17.4 Å². The maximum atomic E-state index is 12.5. The first-order chi connectivity index (χ1) is 15.8. The van der Waals surface area contributed by atoms with Gasteiger partial charge in [0, 0.05) is 35.1 Å².